The maximum atomic E-state index is 12.7. The number of hydrogen-bond donors (Lipinski definition) is 0. The second-order valence-electron chi connectivity index (χ2n) is 30.8. The van der Waals surface area contributed by atoms with Crippen LogP contribution >= 0.6 is 0 Å². The Bertz CT molecular complexity index is 4670. The third-order valence-electron chi connectivity index (χ3n) is 19.4. The van der Waals surface area contributed by atoms with Crippen molar-refractivity contribution in [3.8, 4) is 62.5 Å². The number of rotatable bonds is 6. The molecule has 0 spiro atoms. The summed E-state index contributed by atoms with van der Waals surface area (Å²) >= 11 is 0. The minimum absolute atomic E-state index is 0. The van der Waals surface area contributed by atoms with Crippen LogP contribution in [0, 0.1) is 31.8 Å². The van der Waals surface area contributed by atoms with Gasteiger partial charge in [-0.2, -0.15) is 0 Å². The third kappa shape index (κ3) is 11.0. The van der Waals surface area contributed by atoms with Crippen LogP contribution in [0.3, 0.4) is 0 Å². The van der Waals surface area contributed by atoms with Gasteiger partial charge in [0.2, 0.25) is 0 Å². The summed E-state index contributed by atoms with van der Waals surface area (Å²) in [6.07, 6.45) is 1.82. The number of aromatic nitrogens is 3. The van der Waals surface area contributed by atoms with Crippen LogP contribution < -0.4 is 35.7 Å². The molecular formula is C84H83BFIrN5O2-2. The van der Waals surface area contributed by atoms with Crippen molar-refractivity contribution in [2.45, 2.75) is 158 Å². The van der Waals surface area contributed by atoms with E-state index < -0.39 is 0 Å². The number of nitrogens with zero attached hydrogens (tertiary/aromatic N) is 5. The molecule has 477 valence electrons. The van der Waals surface area contributed by atoms with Crippen LogP contribution in [-0.2, 0) is 41.8 Å². The monoisotopic (exact) mass is 1420 g/mol. The van der Waals surface area contributed by atoms with Crippen molar-refractivity contribution in [2.24, 2.45) is 0 Å². The van der Waals surface area contributed by atoms with Gasteiger partial charge >= 0.3 is 0 Å². The molecule has 10 heteroatoms. The Morgan fingerprint density at radius 2 is 1.02 bits per heavy atom. The summed E-state index contributed by atoms with van der Waals surface area (Å²) in [5.74, 6) is 4.69. The molecule has 6 heterocycles. The third-order valence-corrected chi connectivity index (χ3v) is 19.4. The van der Waals surface area contributed by atoms with Crippen molar-refractivity contribution in [1.29, 1.82) is 0 Å². The zero-order valence-corrected chi connectivity index (χ0v) is 60.0. The zero-order valence-electron chi connectivity index (χ0n) is 57.6. The van der Waals surface area contributed by atoms with Crippen LogP contribution in [0.2, 0.25) is 0 Å². The second kappa shape index (κ2) is 23.1. The van der Waals surface area contributed by atoms with E-state index in [4.69, 9.17) is 14.5 Å². The molecule has 0 aliphatic carbocycles. The summed E-state index contributed by atoms with van der Waals surface area (Å²) in [7, 11) is 0. The van der Waals surface area contributed by atoms with Gasteiger partial charge < -0.3 is 28.8 Å². The second-order valence-corrected chi connectivity index (χ2v) is 30.8. The molecule has 0 saturated heterocycles. The van der Waals surface area contributed by atoms with Crippen LogP contribution in [0.15, 0.2) is 164 Å². The summed E-state index contributed by atoms with van der Waals surface area (Å²) < 4.78 is 29.7. The molecule has 0 N–H and O–H groups in total. The van der Waals surface area contributed by atoms with E-state index in [-0.39, 0.29) is 54.3 Å². The molecule has 15 rings (SSSR count). The van der Waals surface area contributed by atoms with E-state index in [1.807, 2.05) is 26.1 Å². The minimum Gasteiger partial charge on any atom is -0.453 e. The normalized spacial score (nSPS) is 13.5. The summed E-state index contributed by atoms with van der Waals surface area (Å²) in [6, 6.07) is 63.3. The number of anilines is 6. The van der Waals surface area contributed by atoms with Crippen LogP contribution in [0.5, 0.6) is 23.0 Å². The fourth-order valence-corrected chi connectivity index (χ4v) is 13.9. The Morgan fingerprint density at radius 1 is 0.489 bits per heavy atom. The van der Waals surface area contributed by atoms with Gasteiger partial charge in [0.05, 0.1) is 39.6 Å². The van der Waals surface area contributed by atoms with E-state index >= 15 is 0 Å². The molecule has 9 aromatic carbocycles. The number of halogens is 1. The number of fused-ring (bicyclic) bond motifs is 9. The largest absolute Gasteiger partial charge is 0.453 e. The Labute approximate surface area is 569 Å². The van der Waals surface area contributed by atoms with E-state index in [1.54, 1.807) is 6.07 Å². The minimum atomic E-state index is -0.275. The van der Waals surface area contributed by atoms with Gasteiger partial charge in [0.25, 0.3) is 6.71 Å². The standard InChI is InChI=1S/C71H72BN4O2.C13H11FN.Ir/c1-40(2)49-23-20-24-50(41(3)4)64(49)76-54-26-18-17-25-53(54)73-67(76)43-22-19-21-42(31-43)44-32-57-63-58(33-44)75-56-30-28-46(69(8,9)10)37-60(56)78-62-39-48(71(14,15)16)35-52(66(62)75)72(63)51-34-47(70(11,12)13)38-61-65(51)74(57)55-29-27-45(68(5,6)7)36-59(55)77-61;1-9-7-13(15-8-10(9)2)11-3-5-12(14)6-4-11;/h17-21,23-41H,1-16H3;3,5-8H,1-2H3;/q2*-1;. The van der Waals surface area contributed by atoms with Crippen molar-refractivity contribution in [3.05, 3.63) is 226 Å². The maximum Gasteiger partial charge on any atom is 0.252 e. The van der Waals surface area contributed by atoms with Gasteiger partial charge in [0.15, 0.2) is 23.0 Å². The molecule has 1 radical (unpaired) electrons. The zero-order chi connectivity index (χ0) is 65.7. The molecule has 0 fully saturated rings. The molecule has 0 unspecified atom stereocenters. The molecule has 11 aromatic rings. The van der Waals surface area contributed by atoms with Gasteiger partial charge in [-0.15, -0.1) is 65.2 Å². The van der Waals surface area contributed by atoms with E-state index in [2.05, 4.69) is 276 Å². The molecule has 0 saturated carbocycles. The van der Waals surface area contributed by atoms with Gasteiger partial charge in [-0.3, -0.25) is 9.37 Å². The predicted octanol–water partition coefficient (Wildman–Crippen LogP) is 21.2. The van der Waals surface area contributed by atoms with Gasteiger partial charge in [0, 0.05) is 49.2 Å². The van der Waals surface area contributed by atoms with E-state index in [1.165, 1.54) is 73.2 Å². The average Bonchev–Trinajstić information content (AvgIpc) is 0.774. The maximum absolute atomic E-state index is 12.7. The fourth-order valence-electron chi connectivity index (χ4n) is 13.9. The first kappa shape index (κ1) is 64.2. The van der Waals surface area contributed by atoms with Crippen LogP contribution in [0.25, 0.3) is 50.5 Å². The van der Waals surface area contributed by atoms with Crippen LogP contribution in [0.1, 0.15) is 167 Å². The molecule has 7 nitrogen and oxygen atoms in total. The van der Waals surface area contributed by atoms with Gasteiger partial charge in [-0.1, -0.05) is 177 Å². The molecule has 4 aliphatic rings. The van der Waals surface area contributed by atoms with E-state index in [9.17, 15) is 4.39 Å². The summed E-state index contributed by atoms with van der Waals surface area (Å²) in [5, 5.41) is 0. The van der Waals surface area contributed by atoms with Crippen LogP contribution in [-0.4, -0.2) is 21.2 Å². The number of imidazole rings is 1. The first-order valence-electron chi connectivity index (χ1n) is 33.1. The fraction of sp³-hybridized carbons (Fsp3) is 0.286. The van der Waals surface area contributed by atoms with Gasteiger partial charge in [-0.25, -0.2) is 0 Å². The predicted molar refractivity (Wildman–Crippen MR) is 386 cm³/mol. The number of pyridine rings is 1. The molecule has 94 heavy (non-hydrogen) atoms. The number of ether oxygens (including phenoxy) is 2. The van der Waals surface area contributed by atoms with Crippen molar-refractivity contribution in [3.63, 3.8) is 0 Å². The van der Waals surface area contributed by atoms with E-state index in [0.29, 0.717) is 11.8 Å². The quantitative estimate of drug-likeness (QED) is 0.122. The number of hydrogen-bond acceptors (Lipinski definition) is 6. The first-order valence-corrected chi connectivity index (χ1v) is 33.1. The molecule has 0 bridgehead atoms. The topological polar surface area (TPSA) is 55.7 Å². The molecule has 0 amide bonds. The molecule has 4 aliphatic heterocycles. The number of para-hydroxylation sites is 3. The van der Waals surface area contributed by atoms with Crippen molar-refractivity contribution in [2.75, 3.05) is 9.80 Å². The average molecular weight is 1420 g/mol. The summed E-state index contributed by atoms with van der Waals surface area (Å²) in [5.41, 5.74) is 27.7. The van der Waals surface area contributed by atoms with Gasteiger partial charge in [-0.05, 0) is 175 Å². The number of benzene rings is 9. The Hall–Kier alpha value is -8.56. The number of aryl methyl sites for hydroxylation is 2. The SMILES string of the molecule is CC(C)c1cccc(C(C)C)c1-n1c(-c2[c-]ccc(-c3cc4c5c(c3)N3c6ccc(C(C)(C)C)cc6Oc6cc(C(C)(C)C)cc(c63)B5c3cc(C(C)(C)C)cc5c3N4c3ccc(C(C)(C)C)cc3O5)c2)nc2ccccc21.Cc1cnc(-c2[c-]cc(F)cc2)cc1C.[Ir]. The first-order chi connectivity index (χ1) is 44.0. The van der Waals surface area contributed by atoms with Gasteiger partial charge in [0.1, 0.15) is 0 Å². The smallest absolute Gasteiger partial charge is 0.252 e. The summed E-state index contributed by atoms with van der Waals surface area (Å²) in [6.45, 7) is 40.7. The Balaban J connectivity index is 0.000000441. The molecular weight excluding hydrogens is 1330 g/mol. The Kier molecular flexibility index (Phi) is 15.8. The molecule has 0 atom stereocenters. The van der Waals surface area contributed by atoms with Crippen molar-refractivity contribution >= 4 is 68.3 Å². The van der Waals surface area contributed by atoms with Crippen LogP contribution in [0.4, 0.5) is 38.5 Å². The summed E-state index contributed by atoms with van der Waals surface area (Å²) in [4.78, 5) is 14.8. The van der Waals surface area contributed by atoms with Crippen molar-refractivity contribution in [1.82, 2.24) is 14.5 Å². The van der Waals surface area contributed by atoms with E-state index in [0.717, 1.165) is 107 Å². The van der Waals surface area contributed by atoms with Crippen molar-refractivity contribution < 1.29 is 34.0 Å². The molecule has 2 aromatic heterocycles. The Morgan fingerprint density at radius 3 is 1.52 bits per heavy atom.